The molecule has 0 spiro atoms. The van der Waals surface area contributed by atoms with Crippen molar-refractivity contribution in [2.45, 2.75) is 41.2 Å². The summed E-state index contributed by atoms with van der Waals surface area (Å²) in [5, 5.41) is 0.589. The molecule has 0 fully saturated rings. The average molecular weight is 431 g/mol. The van der Waals surface area contributed by atoms with Gasteiger partial charge in [0.2, 0.25) is 0 Å². The van der Waals surface area contributed by atoms with Crippen LogP contribution >= 0.6 is 11.3 Å². The molecule has 1 N–H and O–H groups in total. The van der Waals surface area contributed by atoms with E-state index in [1.165, 1.54) is 11.3 Å². The lowest BCUT2D eigenvalue weighted by atomic mass is 10.2. The average Bonchev–Trinajstić information content (AvgIpc) is 2.99. The Hall–Kier alpha value is -2.87. The summed E-state index contributed by atoms with van der Waals surface area (Å²) in [4.78, 5) is 33.7. The molecule has 0 saturated heterocycles. The number of aromatic nitrogens is 2. The molecule has 0 saturated carbocycles. The number of aryl methyl sites for hydroxylation is 2. The highest BCUT2D eigenvalue weighted by Gasteiger charge is 2.16. The fraction of sp³-hybridized carbons (Fsp3) is 0.409. The molecule has 0 amide bonds. The number of ether oxygens (including phenoxy) is 3. The Morgan fingerprint density at radius 2 is 1.97 bits per heavy atom. The Morgan fingerprint density at radius 1 is 1.20 bits per heavy atom. The number of benzene rings is 1. The molecular formula is C22H26N2O5S. The number of H-pyrrole nitrogens is 1. The highest BCUT2D eigenvalue weighted by atomic mass is 32.1. The van der Waals surface area contributed by atoms with Gasteiger partial charge in [0.25, 0.3) is 5.56 Å². The van der Waals surface area contributed by atoms with Crippen LogP contribution in [0, 0.1) is 19.8 Å². The van der Waals surface area contributed by atoms with E-state index in [0.29, 0.717) is 52.2 Å². The van der Waals surface area contributed by atoms with Crippen molar-refractivity contribution in [3.63, 3.8) is 0 Å². The standard InChI is InChI=1S/C22H26N2O5S/c1-6-27-17-9-15(7-8-16(17)28-10-12(2)3)22(26)29-11-18-23-20(25)19-13(4)14(5)30-21(19)24-18/h7-9,12H,6,10-11H2,1-5H3,(H,23,24,25). The maximum absolute atomic E-state index is 12.5. The first-order valence-electron chi connectivity index (χ1n) is 9.85. The van der Waals surface area contributed by atoms with E-state index in [2.05, 4.69) is 23.8 Å². The predicted octanol–water partition coefficient (Wildman–Crippen LogP) is 4.39. The lowest BCUT2D eigenvalue weighted by Gasteiger charge is -2.14. The molecule has 0 aliphatic heterocycles. The minimum Gasteiger partial charge on any atom is -0.490 e. The summed E-state index contributed by atoms with van der Waals surface area (Å²) in [5.74, 6) is 1.22. The van der Waals surface area contributed by atoms with E-state index in [-0.39, 0.29) is 12.2 Å². The molecule has 1 aromatic carbocycles. The largest absolute Gasteiger partial charge is 0.490 e. The first-order valence-corrected chi connectivity index (χ1v) is 10.7. The van der Waals surface area contributed by atoms with Crippen LogP contribution in [0.1, 0.15) is 47.4 Å². The van der Waals surface area contributed by atoms with Gasteiger partial charge in [0.15, 0.2) is 11.5 Å². The number of nitrogens with zero attached hydrogens (tertiary/aromatic N) is 1. The summed E-state index contributed by atoms with van der Waals surface area (Å²) in [7, 11) is 0. The molecule has 0 unspecified atom stereocenters. The predicted molar refractivity (Wildman–Crippen MR) is 117 cm³/mol. The number of hydrogen-bond acceptors (Lipinski definition) is 7. The molecular weight excluding hydrogens is 404 g/mol. The maximum Gasteiger partial charge on any atom is 0.338 e. The van der Waals surface area contributed by atoms with Gasteiger partial charge in [-0.05, 0) is 50.5 Å². The van der Waals surface area contributed by atoms with E-state index in [4.69, 9.17) is 14.2 Å². The molecule has 0 aliphatic carbocycles. The topological polar surface area (TPSA) is 90.5 Å². The molecule has 0 bridgehead atoms. The molecule has 160 valence electrons. The first kappa shape index (κ1) is 21.8. The van der Waals surface area contributed by atoms with Crippen molar-refractivity contribution in [3.8, 4) is 11.5 Å². The second-order valence-corrected chi connectivity index (χ2v) is 8.55. The summed E-state index contributed by atoms with van der Waals surface area (Å²) >= 11 is 1.45. The minimum atomic E-state index is -0.535. The van der Waals surface area contributed by atoms with Crippen molar-refractivity contribution in [2.24, 2.45) is 5.92 Å². The molecule has 30 heavy (non-hydrogen) atoms. The number of aromatic amines is 1. The molecule has 3 aromatic rings. The number of carbonyl (C=O) groups is 1. The molecule has 0 atom stereocenters. The smallest absolute Gasteiger partial charge is 0.338 e. The Bertz CT molecular complexity index is 1120. The van der Waals surface area contributed by atoms with Crippen LogP contribution in [0.15, 0.2) is 23.0 Å². The van der Waals surface area contributed by atoms with Crippen molar-refractivity contribution in [2.75, 3.05) is 13.2 Å². The number of nitrogens with one attached hydrogen (secondary N) is 1. The highest BCUT2D eigenvalue weighted by molar-refractivity contribution is 7.18. The van der Waals surface area contributed by atoms with Gasteiger partial charge in [-0.1, -0.05) is 13.8 Å². The zero-order chi connectivity index (χ0) is 21.8. The fourth-order valence-electron chi connectivity index (χ4n) is 2.86. The van der Waals surface area contributed by atoms with Crippen molar-refractivity contribution < 1.29 is 19.0 Å². The summed E-state index contributed by atoms with van der Waals surface area (Å²) in [6.45, 7) is 10.7. The highest BCUT2D eigenvalue weighted by Crippen LogP contribution is 2.29. The maximum atomic E-state index is 12.5. The zero-order valence-corrected chi connectivity index (χ0v) is 18.6. The van der Waals surface area contributed by atoms with Crippen LogP contribution in [-0.2, 0) is 11.3 Å². The normalized spacial score (nSPS) is 11.1. The van der Waals surface area contributed by atoms with Crippen molar-refractivity contribution in [1.29, 1.82) is 0 Å². The molecule has 0 aliphatic rings. The molecule has 0 radical (unpaired) electrons. The van der Waals surface area contributed by atoms with Crippen LogP contribution < -0.4 is 15.0 Å². The quantitative estimate of drug-likeness (QED) is 0.533. The van der Waals surface area contributed by atoms with Crippen molar-refractivity contribution >= 4 is 27.5 Å². The van der Waals surface area contributed by atoms with E-state index < -0.39 is 5.97 Å². The Balaban J connectivity index is 1.75. The molecule has 8 heteroatoms. The minimum absolute atomic E-state index is 0.129. The Morgan fingerprint density at radius 3 is 2.67 bits per heavy atom. The van der Waals surface area contributed by atoms with Crippen molar-refractivity contribution in [3.05, 3.63) is 50.4 Å². The molecule has 7 nitrogen and oxygen atoms in total. The Labute approximate surface area is 179 Å². The van der Waals surface area contributed by atoms with Crippen LogP contribution in [-0.4, -0.2) is 29.2 Å². The summed E-state index contributed by atoms with van der Waals surface area (Å²) in [5.41, 5.74) is 1.04. The lowest BCUT2D eigenvalue weighted by molar-refractivity contribution is 0.0461. The monoisotopic (exact) mass is 430 g/mol. The second-order valence-electron chi connectivity index (χ2n) is 7.35. The fourth-order valence-corrected chi connectivity index (χ4v) is 3.91. The van der Waals surface area contributed by atoms with Gasteiger partial charge in [0, 0.05) is 4.88 Å². The van der Waals surface area contributed by atoms with Gasteiger partial charge in [-0.15, -0.1) is 11.3 Å². The first-order chi connectivity index (χ1) is 14.3. The number of hydrogen-bond donors (Lipinski definition) is 1. The van der Waals surface area contributed by atoms with E-state index >= 15 is 0 Å². The van der Waals surface area contributed by atoms with Gasteiger partial charge in [0.05, 0.1) is 24.2 Å². The summed E-state index contributed by atoms with van der Waals surface area (Å²) in [6, 6.07) is 4.94. The third-order valence-electron chi connectivity index (χ3n) is 4.48. The zero-order valence-electron chi connectivity index (χ0n) is 17.8. The van der Waals surface area contributed by atoms with Gasteiger partial charge < -0.3 is 19.2 Å². The van der Waals surface area contributed by atoms with Crippen LogP contribution in [0.5, 0.6) is 11.5 Å². The third-order valence-corrected chi connectivity index (χ3v) is 5.58. The van der Waals surface area contributed by atoms with Crippen LogP contribution in [0.4, 0.5) is 0 Å². The second kappa shape index (κ2) is 9.30. The van der Waals surface area contributed by atoms with Crippen LogP contribution in [0.2, 0.25) is 0 Å². The van der Waals surface area contributed by atoms with Gasteiger partial charge in [-0.2, -0.15) is 0 Å². The molecule has 3 rings (SSSR count). The number of thiophene rings is 1. The third kappa shape index (κ3) is 4.81. The van der Waals surface area contributed by atoms with Crippen molar-refractivity contribution in [1.82, 2.24) is 9.97 Å². The van der Waals surface area contributed by atoms with Gasteiger partial charge in [0.1, 0.15) is 17.3 Å². The van der Waals surface area contributed by atoms with Crippen LogP contribution in [0.3, 0.4) is 0 Å². The van der Waals surface area contributed by atoms with Gasteiger partial charge in [-0.25, -0.2) is 9.78 Å². The number of carbonyl (C=O) groups excluding carboxylic acids is 1. The number of rotatable bonds is 8. The van der Waals surface area contributed by atoms with Gasteiger partial charge >= 0.3 is 5.97 Å². The summed E-state index contributed by atoms with van der Waals surface area (Å²) in [6.07, 6.45) is 0. The van der Waals surface area contributed by atoms with E-state index in [9.17, 15) is 9.59 Å². The molecule has 2 heterocycles. The van der Waals surface area contributed by atoms with E-state index in [0.717, 1.165) is 10.4 Å². The lowest BCUT2D eigenvalue weighted by Crippen LogP contribution is -2.14. The number of fused-ring (bicyclic) bond motifs is 1. The van der Waals surface area contributed by atoms with E-state index in [1.54, 1.807) is 18.2 Å². The summed E-state index contributed by atoms with van der Waals surface area (Å²) < 4.78 is 16.7. The Kier molecular flexibility index (Phi) is 6.77. The van der Waals surface area contributed by atoms with Crippen LogP contribution in [0.25, 0.3) is 10.2 Å². The SMILES string of the molecule is CCOc1cc(C(=O)OCc2nc3sc(C)c(C)c3c(=O)[nH]2)ccc1OCC(C)C. The van der Waals surface area contributed by atoms with Gasteiger partial charge in [-0.3, -0.25) is 4.79 Å². The molecule has 2 aromatic heterocycles. The van der Waals surface area contributed by atoms with E-state index in [1.807, 2.05) is 20.8 Å². The number of esters is 1.